The van der Waals surface area contributed by atoms with Crippen molar-refractivity contribution < 1.29 is 27.6 Å². The predicted molar refractivity (Wildman–Crippen MR) is 99.1 cm³/mol. The number of carbonyl (C=O) groups is 1. The van der Waals surface area contributed by atoms with Crippen LogP contribution in [0.3, 0.4) is 0 Å². The molecule has 1 aromatic carbocycles. The zero-order chi connectivity index (χ0) is 19.8. The maximum atomic E-state index is 13.0. The van der Waals surface area contributed by atoms with Gasteiger partial charge in [0.25, 0.3) is 5.91 Å². The number of fused-ring (bicyclic) bond motifs is 1. The number of anilines is 1. The topological polar surface area (TPSA) is 103 Å². The van der Waals surface area contributed by atoms with Crippen LogP contribution in [-0.4, -0.2) is 56.0 Å². The second-order valence-electron chi connectivity index (χ2n) is 6.36. The van der Waals surface area contributed by atoms with Gasteiger partial charge in [0.05, 0.1) is 36.3 Å². The van der Waals surface area contributed by atoms with Crippen LogP contribution in [0.4, 0.5) is 5.69 Å². The first-order valence-electron chi connectivity index (χ1n) is 8.14. The number of amides is 1. The standard InChI is InChI=1S/C17H22N3O6P/c1-17(9-27(22,24-4)25-5)19-13-7-14(23-3)12(15-8-18-10-26-15)6-11(13)16(21)20(17)2/h6-8,10,19H,9H2,1-5H3. The van der Waals surface area contributed by atoms with Crippen LogP contribution in [0.2, 0.25) is 0 Å². The summed E-state index contributed by atoms with van der Waals surface area (Å²) in [5.74, 6) is 0.759. The second kappa shape index (κ2) is 6.99. The van der Waals surface area contributed by atoms with E-state index in [1.807, 2.05) is 0 Å². The summed E-state index contributed by atoms with van der Waals surface area (Å²) in [4.78, 5) is 18.4. The van der Waals surface area contributed by atoms with Crippen LogP contribution in [0.1, 0.15) is 17.3 Å². The first kappa shape index (κ1) is 19.4. The summed E-state index contributed by atoms with van der Waals surface area (Å²) in [5.41, 5.74) is 0.622. The number of rotatable bonds is 6. The fourth-order valence-electron chi connectivity index (χ4n) is 3.08. The smallest absolute Gasteiger partial charge is 0.334 e. The molecule has 0 fully saturated rings. The Morgan fingerprint density at radius 1 is 1.26 bits per heavy atom. The Balaban J connectivity index is 2.07. The molecule has 9 nitrogen and oxygen atoms in total. The lowest BCUT2D eigenvalue weighted by atomic mass is 9.99. The molecule has 1 amide bonds. The summed E-state index contributed by atoms with van der Waals surface area (Å²) < 4.78 is 33.6. The molecule has 2 aromatic rings. The molecule has 0 saturated carbocycles. The maximum Gasteiger partial charge on any atom is 0.334 e. The first-order chi connectivity index (χ1) is 12.8. The van der Waals surface area contributed by atoms with Crippen LogP contribution in [0.5, 0.6) is 5.75 Å². The molecular formula is C17H22N3O6P. The van der Waals surface area contributed by atoms with E-state index in [9.17, 15) is 9.36 Å². The van der Waals surface area contributed by atoms with E-state index in [-0.39, 0.29) is 12.1 Å². The molecule has 3 rings (SSSR count). The molecule has 0 radical (unpaired) electrons. The van der Waals surface area contributed by atoms with E-state index in [0.717, 1.165) is 0 Å². The van der Waals surface area contributed by atoms with Gasteiger partial charge in [0.1, 0.15) is 11.4 Å². The largest absolute Gasteiger partial charge is 0.496 e. The van der Waals surface area contributed by atoms with E-state index in [1.54, 1.807) is 32.3 Å². The van der Waals surface area contributed by atoms with Crippen LogP contribution in [0.15, 0.2) is 29.1 Å². The molecule has 146 valence electrons. The van der Waals surface area contributed by atoms with Gasteiger partial charge in [-0.2, -0.15) is 0 Å². The lowest BCUT2D eigenvalue weighted by molar-refractivity contribution is 0.0644. The Morgan fingerprint density at radius 3 is 2.52 bits per heavy atom. The van der Waals surface area contributed by atoms with E-state index < -0.39 is 13.3 Å². The Labute approximate surface area is 157 Å². The molecule has 2 heterocycles. The number of benzene rings is 1. The van der Waals surface area contributed by atoms with Crippen molar-refractivity contribution in [1.82, 2.24) is 9.88 Å². The molecule has 1 atom stereocenters. The number of nitrogens with one attached hydrogen (secondary N) is 1. The molecule has 1 unspecified atom stereocenters. The van der Waals surface area contributed by atoms with Gasteiger partial charge in [0, 0.05) is 27.3 Å². The third-order valence-electron chi connectivity index (χ3n) is 4.77. The number of ether oxygens (including phenoxy) is 1. The van der Waals surface area contributed by atoms with Crippen LogP contribution < -0.4 is 10.1 Å². The zero-order valence-electron chi connectivity index (χ0n) is 15.8. The van der Waals surface area contributed by atoms with Crippen molar-refractivity contribution in [3.8, 4) is 17.1 Å². The molecule has 27 heavy (non-hydrogen) atoms. The van der Waals surface area contributed by atoms with Crippen molar-refractivity contribution >= 4 is 19.2 Å². The van der Waals surface area contributed by atoms with E-state index >= 15 is 0 Å². The molecule has 0 bridgehead atoms. The minimum Gasteiger partial charge on any atom is -0.496 e. The lowest BCUT2D eigenvalue weighted by Crippen LogP contribution is -2.58. The first-order valence-corrected chi connectivity index (χ1v) is 9.87. The van der Waals surface area contributed by atoms with Gasteiger partial charge < -0.3 is 28.4 Å². The van der Waals surface area contributed by atoms with Crippen molar-refractivity contribution in [1.29, 1.82) is 0 Å². The summed E-state index contributed by atoms with van der Waals surface area (Å²) in [6, 6.07) is 3.40. The molecule has 1 aromatic heterocycles. The predicted octanol–water partition coefficient (Wildman–Crippen LogP) is 3.05. The minimum atomic E-state index is -3.37. The number of nitrogens with zero attached hydrogens (tertiary/aromatic N) is 2. The van der Waals surface area contributed by atoms with Crippen LogP contribution in [0.25, 0.3) is 11.3 Å². The summed E-state index contributed by atoms with van der Waals surface area (Å²) in [5, 5.41) is 3.27. The highest BCUT2D eigenvalue weighted by molar-refractivity contribution is 7.53. The third-order valence-corrected chi connectivity index (χ3v) is 6.89. The number of methoxy groups -OCH3 is 1. The van der Waals surface area contributed by atoms with Crippen LogP contribution in [0, 0.1) is 0 Å². The summed E-state index contributed by atoms with van der Waals surface area (Å²) in [7, 11) is 2.43. The average Bonchev–Trinajstić information content (AvgIpc) is 3.19. The van der Waals surface area contributed by atoms with Gasteiger partial charge in [-0.25, -0.2) is 4.98 Å². The number of oxazole rings is 1. The fraction of sp³-hybridized carbons (Fsp3) is 0.412. The van der Waals surface area contributed by atoms with Gasteiger partial charge >= 0.3 is 7.60 Å². The zero-order valence-corrected chi connectivity index (χ0v) is 16.7. The van der Waals surface area contributed by atoms with Gasteiger partial charge in [-0.05, 0) is 13.0 Å². The van der Waals surface area contributed by atoms with Crippen molar-refractivity contribution in [2.75, 3.05) is 39.9 Å². The van der Waals surface area contributed by atoms with E-state index in [4.69, 9.17) is 18.2 Å². The molecular weight excluding hydrogens is 373 g/mol. The Kier molecular flexibility index (Phi) is 5.03. The minimum absolute atomic E-state index is 0.0269. The van der Waals surface area contributed by atoms with Gasteiger partial charge in [0.15, 0.2) is 12.2 Å². The van der Waals surface area contributed by atoms with Gasteiger partial charge in [-0.15, -0.1) is 0 Å². The highest BCUT2D eigenvalue weighted by atomic mass is 31.2. The molecule has 1 aliphatic rings. The summed E-state index contributed by atoms with van der Waals surface area (Å²) >= 11 is 0. The maximum absolute atomic E-state index is 13.0. The fourth-order valence-corrected chi connectivity index (χ4v) is 4.53. The van der Waals surface area contributed by atoms with Crippen LogP contribution in [-0.2, 0) is 13.6 Å². The Bertz CT molecular complexity index is 892. The van der Waals surface area contributed by atoms with Gasteiger partial charge in [-0.1, -0.05) is 0 Å². The van der Waals surface area contributed by atoms with Crippen molar-refractivity contribution in [2.45, 2.75) is 12.6 Å². The number of aromatic nitrogens is 1. The lowest BCUT2D eigenvalue weighted by Gasteiger charge is -2.45. The quantitative estimate of drug-likeness (QED) is 0.745. The monoisotopic (exact) mass is 395 g/mol. The summed E-state index contributed by atoms with van der Waals surface area (Å²) in [6.07, 6.45) is 2.83. The van der Waals surface area contributed by atoms with Crippen molar-refractivity contribution in [3.63, 3.8) is 0 Å². The molecule has 0 saturated heterocycles. The highest BCUT2D eigenvalue weighted by Crippen LogP contribution is 2.51. The Morgan fingerprint density at radius 2 is 1.96 bits per heavy atom. The molecule has 0 aliphatic carbocycles. The number of hydrogen-bond acceptors (Lipinski definition) is 8. The van der Waals surface area contributed by atoms with Gasteiger partial charge in [0.2, 0.25) is 0 Å². The second-order valence-corrected chi connectivity index (χ2v) is 8.63. The van der Waals surface area contributed by atoms with Crippen LogP contribution >= 0.6 is 7.60 Å². The molecule has 0 spiro atoms. The molecule has 1 N–H and O–H groups in total. The van der Waals surface area contributed by atoms with E-state index in [1.165, 1.54) is 32.6 Å². The average molecular weight is 395 g/mol. The van der Waals surface area contributed by atoms with E-state index in [0.29, 0.717) is 28.3 Å². The Hall–Kier alpha value is -2.35. The molecule has 1 aliphatic heterocycles. The number of hydrogen-bond donors (Lipinski definition) is 1. The van der Waals surface area contributed by atoms with E-state index in [2.05, 4.69) is 10.3 Å². The molecule has 10 heteroatoms. The highest BCUT2D eigenvalue weighted by Gasteiger charge is 2.45. The summed E-state index contributed by atoms with van der Waals surface area (Å²) in [6.45, 7) is 1.76. The third kappa shape index (κ3) is 3.34. The van der Waals surface area contributed by atoms with Crippen molar-refractivity contribution in [2.24, 2.45) is 0 Å². The normalized spacial score (nSPS) is 19.6. The SMILES string of the molecule is COc1cc2c(cc1-c1cnco1)C(=O)N(C)C(C)(CP(=O)(OC)OC)N2. The number of carbonyl (C=O) groups excluding carboxylic acids is 1. The van der Waals surface area contributed by atoms with Crippen molar-refractivity contribution in [3.05, 3.63) is 30.3 Å². The van der Waals surface area contributed by atoms with Gasteiger partial charge in [-0.3, -0.25) is 9.36 Å².